The summed E-state index contributed by atoms with van der Waals surface area (Å²) in [7, 11) is 0. The van der Waals surface area contributed by atoms with E-state index in [1.807, 2.05) is 0 Å². The fourth-order valence-corrected chi connectivity index (χ4v) is 2.32. The SMILES string of the molecule is CC1CCC(C(=O)O)C(C(=O)O)C1[N+](=O)[O-]. The van der Waals surface area contributed by atoms with E-state index >= 15 is 0 Å². The fourth-order valence-electron chi connectivity index (χ4n) is 2.32. The van der Waals surface area contributed by atoms with Crippen molar-refractivity contribution < 1.29 is 24.7 Å². The molecule has 0 spiro atoms. The minimum atomic E-state index is -1.43. The smallest absolute Gasteiger partial charge is 0.314 e. The lowest BCUT2D eigenvalue weighted by molar-refractivity contribution is -0.543. The third-order valence-corrected chi connectivity index (χ3v) is 3.16. The van der Waals surface area contributed by atoms with E-state index in [0.29, 0.717) is 6.42 Å². The summed E-state index contributed by atoms with van der Waals surface area (Å²) >= 11 is 0. The molecule has 1 aliphatic carbocycles. The molecule has 2 N–H and O–H groups in total. The van der Waals surface area contributed by atoms with Crippen LogP contribution < -0.4 is 0 Å². The Hall–Kier alpha value is -1.66. The summed E-state index contributed by atoms with van der Waals surface area (Å²) in [5, 5.41) is 28.6. The van der Waals surface area contributed by atoms with Gasteiger partial charge in [0, 0.05) is 10.8 Å². The molecule has 0 amide bonds. The first-order chi connectivity index (χ1) is 7.36. The van der Waals surface area contributed by atoms with Crippen LogP contribution in [-0.4, -0.2) is 33.1 Å². The molecule has 16 heavy (non-hydrogen) atoms. The van der Waals surface area contributed by atoms with Crippen LogP contribution in [0, 0.1) is 27.9 Å². The van der Waals surface area contributed by atoms with Crippen molar-refractivity contribution in [3.63, 3.8) is 0 Å². The number of nitro groups is 1. The quantitative estimate of drug-likeness (QED) is 0.538. The molecule has 0 aromatic rings. The summed E-state index contributed by atoms with van der Waals surface area (Å²) in [5.41, 5.74) is 0. The number of carboxylic acids is 2. The second-order valence-electron chi connectivity index (χ2n) is 4.14. The molecule has 4 unspecified atom stereocenters. The van der Waals surface area contributed by atoms with Gasteiger partial charge < -0.3 is 10.2 Å². The summed E-state index contributed by atoms with van der Waals surface area (Å²) < 4.78 is 0. The van der Waals surface area contributed by atoms with E-state index in [1.54, 1.807) is 6.92 Å². The highest BCUT2D eigenvalue weighted by atomic mass is 16.6. The molecular formula is C9H13NO6. The summed E-state index contributed by atoms with van der Waals surface area (Å²) in [6, 6.07) is -1.31. The lowest BCUT2D eigenvalue weighted by Gasteiger charge is -2.32. The van der Waals surface area contributed by atoms with Crippen molar-refractivity contribution >= 4 is 11.9 Å². The van der Waals surface area contributed by atoms with Gasteiger partial charge in [0.2, 0.25) is 6.04 Å². The predicted octanol–water partition coefficient (Wildman–Crippen LogP) is 0.463. The second kappa shape index (κ2) is 4.46. The minimum absolute atomic E-state index is 0.178. The highest BCUT2D eigenvalue weighted by molar-refractivity contribution is 5.80. The van der Waals surface area contributed by atoms with Gasteiger partial charge in [0.1, 0.15) is 5.92 Å². The van der Waals surface area contributed by atoms with Gasteiger partial charge in [0.25, 0.3) is 0 Å². The van der Waals surface area contributed by atoms with Crippen molar-refractivity contribution in [3.05, 3.63) is 10.1 Å². The molecule has 1 aliphatic rings. The molecule has 0 aromatic carbocycles. The highest BCUT2D eigenvalue weighted by Gasteiger charge is 2.51. The third kappa shape index (κ3) is 2.12. The van der Waals surface area contributed by atoms with E-state index in [-0.39, 0.29) is 6.42 Å². The lowest BCUT2D eigenvalue weighted by atomic mass is 9.71. The van der Waals surface area contributed by atoms with Gasteiger partial charge in [-0.05, 0) is 12.8 Å². The van der Waals surface area contributed by atoms with Crippen LogP contribution in [0.2, 0.25) is 0 Å². The van der Waals surface area contributed by atoms with Crippen LogP contribution >= 0.6 is 0 Å². The lowest BCUT2D eigenvalue weighted by Crippen LogP contribution is -2.49. The maximum absolute atomic E-state index is 11.0. The van der Waals surface area contributed by atoms with Gasteiger partial charge in [-0.25, -0.2) is 0 Å². The molecule has 0 heterocycles. The number of carboxylic acid groups (broad SMARTS) is 2. The first-order valence-corrected chi connectivity index (χ1v) is 4.95. The fraction of sp³-hybridized carbons (Fsp3) is 0.778. The van der Waals surface area contributed by atoms with Gasteiger partial charge in [-0.3, -0.25) is 19.7 Å². The summed E-state index contributed by atoms with van der Waals surface area (Å²) in [6.07, 6.45) is 0.546. The van der Waals surface area contributed by atoms with Crippen molar-refractivity contribution in [1.29, 1.82) is 0 Å². The molecular weight excluding hydrogens is 218 g/mol. The molecule has 0 saturated heterocycles. The van der Waals surface area contributed by atoms with Crippen LogP contribution in [0.3, 0.4) is 0 Å². The van der Waals surface area contributed by atoms with Crippen LogP contribution in [0.4, 0.5) is 0 Å². The Morgan fingerprint density at radius 2 is 1.81 bits per heavy atom. The molecule has 0 aromatic heterocycles. The molecule has 0 radical (unpaired) electrons. The molecule has 90 valence electrons. The molecule has 0 aliphatic heterocycles. The standard InChI is InChI=1S/C9H13NO6/c1-4-2-3-5(8(11)12)6(9(13)14)7(4)10(15)16/h4-7H,2-3H2,1H3,(H,11,12)(H,13,14). The van der Waals surface area contributed by atoms with Gasteiger partial charge in [0.05, 0.1) is 5.92 Å². The largest absolute Gasteiger partial charge is 0.481 e. The Kier molecular flexibility index (Phi) is 3.46. The summed E-state index contributed by atoms with van der Waals surface area (Å²) in [6.45, 7) is 1.58. The number of rotatable bonds is 3. The molecule has 1 saturated carbocycles. The van der Waals surface area contributed by atoms with Crippen molar-refractivity contribution in [3.8, 4) is 0 Å². The van der Waals surface area contributed by atoms with Gasteiger partial charge in [0.15, 0.2) is 0 Å². The molecule has 0 bridgehead atoms. The Balaban J connectivity index is 3.06. The number of hydrogen-bond acceptors (Lipinski definition) is 4. The van der Waals surface area contributed by atoms with E-state index in [1.165, 1.54) is 0 Å². The van der Waals surface area contributed by atoms with E-state index in [9.17, 15) is 19.7 Å². The summed E-state index contributed by atoms with van der Waals surface area (Å²) in [4.78, 5) is 31.9. The maximum Gasteiger partial charge on any atom is 0.314 e. The molecule has 7 heteroatoms. The Bertz CT molecular complexity index is 328. The van der Waals surface area contributed by atoms with E-state index in [4.69, 9.17) is 10.2 Å². The van der Waals surface area contributed by atoms with E-state index < -0.39 is 40.7 Å². The highest BCUT2D eigenvalue weighted by Crippen LogP contribution is 2.36. The van der Waals surface area contributed by atoms with E-state index in [2.05, 4.69) is 0 Å². The van der Waals surface area contributed by atoms with Gasteiger partial charge in [-0.15, -0.1) is 0 Å². The topological polar surface area (TPSA) is 118 Å². The number of aliphatic carboxylic acids is 2. The van der Waals surface area contributed by atoms with Crippen LogP contribution in [0.5, 0.6) is 0 Å². The minimum Gasteiger partial charge on any atom is -0.481 e. The predicted molar refractivity (Wildman–Crippen MR) is 51.4 cm³/mol. The van der Waals surface area contributed by atoms with Crippen LogP contribution in [0.25, 0.3) is 0 Å². The molecule has 7 nitrogen and oxygen atoms in total. The first kappa shape index (κ1) is 12.4. The van der Waals surface area contributed by atoms with Crippen molar-refractivity contribution in [1.82, 2.24) is 0 Å². The first-order valence-electron chi connectivity index (χ1n) is 4.95. The molecule has 1 fully saturated rings. The van der Waals surface area contributed by atoms with Crippen molar-refractivity contribution in [2.45, 2.75) is 25.8 Å². The second-order valence-corrected chi connectivity index (χ2v) is 4.14. The van der Waals surface area contributed by atoms with Gasteiger partial charge in [-0.2, -0.15) is 0 Å². The maximum atomic E-state index is 11.0. The van der Waals surface area contributed by atoms with Crippen LogP contribution in [-0.2, 0) is 9.59 Å². The summed E-state index contributed by atoms with van der Waals surface area (Å²) in [5.74, 6) is -5.68. The van der Waals surface area contributed by atoms with Gasteiger partial charge >= 0.3 is 11.9 Å². The third-order valence-electron chi connectivity index (χ3n) is 3.16. The average molecular weight is 231 g/mol. The van der Waals surface area contributed by atoms with Crippen LogP contribution in [0.15, 0.2) is 0 Å². The van der Waals surface area contributed by atoms with Crippen molar-refractivity contribution in [2.75, 3.05) is 0 Å². The zero-order valence-corrected chi connectivity index (χ0v) is 8.70. The number of carbonyl (C=O) groups is 2. The number of hydrogen-bond donors (Lipinski definition) is 2. The van der Waals surface area contributed by atoms with Crippen molar-refractivity contribution in [2.24, 2.45) is 17.8 Å². The average Bonchev–Trinajstić information content (AvgIpc) is 2.15. The Morgan fingerprint density at radius 1 is 1.25 bits per heavy atom. The molecule has 1 rings (SSSR count). The molecule has 4 atom stereocenters. The Labute approximate surface area is 91.2 Å². The van der Waals surface area contributed by atoms with Gasteiger partial charge in [-0.1, -0.05) is 6.92 Å². The van der Waals surface area contributed by atoms with E-state index in [0.717, 1.165) is 0 Å². The normalized spacial score (nSPS) is 34.3. The number of nitrogens with zero attached hydrogens (tertiary/aromatic N) is 1. The Morgan fingerprint density at radius 3 is 2.19 bits per heavy atom. The monoisotopic (exact) mass is 231 g/mol. The zero-order valence-electron chi connectivity index (χ0n) is 8.70. The van der Waals surface area contributed by atoms with Crippen LogP contribution in [0.1, 0.15) is 19.8 Å². The zero-order chi connectivity index (χ0) is 12.5.